The summed E-state index contributed by atoms with van der Waals surface area (Å²) in [7, 11) is 0. The van der Waals surface area contributed by atoms with Crippen LogP contribution in [0.25, 0.3) is 11.4 Å². The normalized spacial score (nSPS) is 19.1. The largest absolute Gasteiger partial charge is 0.481 e. The molecule has 0 radical (unpaired) electrons. The predicted octanol–water partition coefficient (Wildman–Crippen LogP) is 3.22. The van der Waals surface area contributed by atoms with Gasteiger partial charge in [0.2, 0.25) is 0 Å². The van der Waals surface area contributed by atoms with Crippen LogP contribution in [0.15, 0.2) is 32.5 Å². The molecule has 3 N–H and O–H groups in total. The molecule has 1 unspecified atom stereocenters. The van der Waals surface area contributed by atoms with Crippen LogP contribution < -0.4 is 10.6 Å². The Kier molecular flexibility index (Phi) is 6.53. The molecular weight excluding hydrogens is 408 g/mol. The number of anilines is 1. The number of aliphatic hydroxyl groups excluding tert-OH is 1. The van der Waals surface area contributed by atoms with E-state index in [1.165, 1.54) is 5.57 Å². The van der Waals surface area contributed by atoms with E-state index in [2.05, 4.69) is 37.9 Å². The second kappa shape index (κ2) is 9.47. The molecule has 4 heterocycles. The fourth-order valence-corrected chi connectivity index (χ4v) is 4.71. The maximum atomic E-state index is 8.91. The Bertz CT molecular complexity index is 933. The monoisotopic (exact) mass is 432 g/mol. The molecule has 0 saturated carbocycles. The van der Waals surface area contributed by atoms with Crippen LogP contribution in [-0.2, 0) is 4.74 Å². The van der Waals surface area contributed by atoms with Gasteiger partial charge in [-0.25, -0.2) is 15.0 Å². The Morgan fingerprint density at radius 1 is 1.28 bits per heavy atom. The molecule has 0 fully saturated rings. The highest BCUT2D eigenvalue weighted by molar-refractivity contribution is 7.14. The van der Waals surface area contributed by atoms with Crippen molar-refractivity contribution in [3.63, 3.8) is 0 Å². The highest BCUT2D eigenvalue weighted by Crippen LogP contribution is 2.35. The van der Waals surface area contributed by atoms with Crippen molar-refractivity contribution in [3.05, 3.63) is 27.5 Å². The lowest BCUT2D eigenvalue weighted by Crippen LogP contribution is -2.35. The molecule has 0 saturated heterocycles. The molecule has 0 amide bonds. The molecule has 0 aliphatic carbocycles. The maximum Gasteiger partial charge on any atom is 0.197 e. The van der Waals surface area contributed by atoms with E-state index in [0.717, 1.165) is 47.0 Å². The first-order valence-corrected chi connectivity index (χ1v) is 11.4. The second-order valence-corrected chi connectivity index (χ2v) is 8.57. The van der Waals surface area contributed by atoms with E-state index in [-0.39, 0.29) is 12.5 Å². The van der Waals surface area contributed by atoms with Crippen LogP contribution in [0.2, 0.25) is 0 Å². The van der Waals surface area contributed by atoms with Gasteiger partial charge in [0.25, 0.3) is 0 Å². The fourth-order valence-electron chi connectivity index (χ4n) is 3.02. The number of nitrogens with zero attached hydrogens (tertiary/aromatic N) is 4. The van der Waals surface area contributed by atoms with Gasteiger partial charge in [-0.05, 0) is 18.9 Å². The van der Waals surface area contributed by atoms with Crippen LogP contribution in [-0.4, -0.2) is 53.2 Å². The molecule has 2 aromatic rings. The summed E-state index contributed by atoms with van der Waals surface area (Å²) in [5.74, 6) is 1.64. The van der Waals surface area contributed by atoms with Gasteiger partial charge in [0.15, 0.2) is 17.0 Å². The number of aliphatic hydroxyl groups is 1. The van der Waals surface area contributed by atoms with Crippen LogP contribution >= 0.6 is 22.7 Å². The number of guanidine groups is 1. The molecule has 0 aromatic carbocycles. The summed E-state index contributed by atoms with van der Waals surface area (Å²) in [6.07, 6.45) is 4.21. The third-order valence-electron chi connectivity index (χ3n) is 4.62. The Morgan fingerprint density at radius 2 is 2.14 bits per heavy atom. The van der Waals surface area contributed by atoms with Gasteiger partial charge >= 0.3 is 0 Å². The number of ether oxygens (including phenoxy) is 1. The maximum absolute atomic E-state index is 8.91. The average molecular weight is 433 g/mol. The van der Waals surface area contributed by atoms with Gasteiger partial charge in [-0.15, -0.1) is 22.7 Å². The molecule has 29 heavy (non-hydrogen) atoms. The molecule has 0 spiro atoms. The molecule has 154 valence electrons. The Labute approximate surface area is 177 Å². The lowest BCUT2D eigenvalue weighted by molar-refractivity contribution is 0.223. The number of allylic oxidation sites excluding steroid dienone is 1. The quantitative estimate of drug-likeness (QED) is 0.606. The van der Waals surface area contributed by atoms with Crippen molar-refractivity contribution in [2.75, 3.05) is 31.6 Å². The first kappa shape index (κ1) is 20.0. The van der Waals surface area contributed by atoms with Gasteiger partial charge < -0.3 is 20.5 Å². The molecule has 10 heteroatoms. The van der Waals surface area contributed by atoms with Gasteiger partial charge in [0.05, 0.1) is 6.61 Å². The molecule has 2 aliphatic heterocycles. The minimum atomic E-state index is 0.120. The van der Waals surface area contributed by atoms with Crippen LogP contribution in [0.3, 0.4) is 0 Å². The molecule has 4 rings (SSSR count). The van der Waals surface area contributed by atoms with E-state index in [9.17, 15) is 0 Å². The van der Waals surface area contributed by atoms with Gasteiger partial charge in [-0.3, -0.25) is 4.99 Å². The number of hydrogen-bond donors (Lipinski definition) is 3. The Morgan fingerprint density at radius 3 is 2.97 bits per heavy atom. The highest BCUT2D eigenvalue weighted by Gasteiger charge is 2.24. The number of nitrogens with one attached hydrogen (secondary N) is 2. The Balaban J connectivity index is 1.42. The highest BCUT2D eigenvalue weighted by atomic mass is 32.1. The number of aromatic nitrogens is 2. The SMILES string of the molecule is CC1=CN=C(OCCCO)CC1c1nc(-c2csc(NC3=NCCCN3)n2)cs1. The first-order valence-electron chi connectivity index (χ1n) is 9.66. The molecule has 8 nitrogen and oxygen atoms in total. The van der Waals surface area contributed by atoms with Crippen LogP contribution in [0.5, 0.6) is 0 Å². The minimum Gasteiger partial charge on any atom is -0.481 e. The van der Waals surface area contributed by atoms with E-state index in [1.807, 2.05) is 11.6 Å². The minimum absolute atomic E-state index is 0.120. The van der Waals surface area contributed by atoms with Gasteiger partial charge in [0.1, 0.15) is 16.4 Å². The predicted molar refractivity (Wildman–Crippen MR) is 118 cm³/mol. The van der Waals surface area contributed by atoms with E-state index in [4.69, 9.17) is 14.8 Å². The Hall–Kier alpha value is -2.30. The zero-order valence-electron chi connectivity index (χ0n) is 16.2. The zero-order chi connectivity index (χ0) is 20.1. The summed E-state index contributed by atoms with van der Waals surface area (Å²) in [4.78, 5) is 18.3. The summed E-state index contributed by atoms with van der Waals surface area (Å²) in [5, 5.41) is 21.3. The zero-order valence-corrected chi connectivity index (χ0v) is 17.9. The first-order chi connectivity index (χ1) is 14.2. The molecule has 2 aromatic heterocycles. The summed E-state index contributed by atoms with van der Waals surface area (Å²) < 4.78 is 5.68. The summed E-state index contributed by atoms with van der Waals surface area (Å²) in [6.45, 7) is 4.44. The van der Waals surface area contributed by atoms with E-state index >= 15 is 0 Å². The molecule has 2 aliphatic rings. The number of hydrogen-bond acceptors (Lipinski definition) is 10. The van der Waals surface area contributed by atoms with Crippen molar-refractivity contribution in [2.24, 2.45) is 9.98 Å². The van der Waals surface area contributed by atoms with E-state index in [1.54, 1.807) is 22.7 Å². The van der Waals surface area contributed by atoms with Crippen molar-refractivity contribution in [1.82, 2.24) is 15.3 Å². The van der Waals surface area contributed by atoms with Gasteiger partial charge in [-0.1, -0.05) is 0 Å². The van der Waals surface area contributed by atoms with E-state index < -0.39 is 0 Å². The summed E-state index contributed by atoms with van der Waals surface area (Å²) in [6, 6.07) is 0. The van der Waals surface area contributed by atoms with Crippen molar-refractivity contribution in [2.45, 2.75) is 32.1 Å². The summed E-state index contributed by atoms with van der Waals surface area (Å²) in [5.41, 5.74) is 2.91. The average Bonchev–Trinajstić information content (AvgIpc) is 3.40. The van der Waals surface area contributed by atoms with Gasteiger partial charge in [-0.2, -0.15) is 0 Å². The van der Waals surface area contributed by atoms with Crippen LogP contribution in [0, 0.1) is 0 Å². The third-order valence-corrected chi connectivity index (χ3v) is 6.34. The molecule has 0 bridgehead atoms. The van der Waals surface area contributed by atoms with Crippen molar-refractivity contribution < 1.29 is 9.84 Å². The van der Waals surface area contributed by atoms with Gasteiger partial charge in [0, 0.05) is 55.4 Å². The van der Waals surface area contributed by atoms with Crippen molar-refractivity contribution in [1.29, 1.82) is 0 Å². The van der Waals surface area contributed by atoms with Crippen LogP contribution in [0.1, 0.15) is 37.1 Å². The number of rotatable bonds is 6. The number of thiazole rings is 2. The topological polar surface area (TPSA) is 104 Å². The standard InChI is InChI=1S/C19H24N6O2S2/c1-12-9-22-16(27-7-3-6-26)8-13(12)17-23-14(10-28-17)15-11-29-19(24-15)25-18-20-4-2-5-21-18/h9-11,13,26H,2-8H2,1H3,(H2,20,21,24,25). The molecular formula is C19H24N6O2S2. The van der Waals surface area contributed by atoms with Crippen molar-refractivity contribution in [3.8, 4) is 11.4 Å². The molecule has 1 atom stereocenters. The second-order valence-electron chi connectivity index (χ2n) is 6.82. The number of aliphatic imine (C=N–C) groups is 2. The smallest absolute Gasteiger partial charge is 0.197 e. The summed E-state index contributed by atoms with van der Waals surface area (Å²) >= 11 is 3.18. The fraction of sp³-hybridized carbons (Fsp3) is 0.474. The lowest BCUT2D eigenvalue weighted by atomic mass is 9.96. The van der Waals surface area contributed by atoms with Crippen LogP contribution in [0.4, 0.5) is 5.13 Å². The lowest BCUT2D eigenvalue weighted by Gasteiger charge is -2.20. The third kappa shape index (κ3) is 5.01. The van der Waals surface area contributed by atoms with E-state index in [0.29, 0.717) is 25.3 Å². The van der Waals surface area contributed by atoms with Crippen molar-refractivity contribution >= 4 is 39.7 Å².